The first-order chi connectivity index (χ1) is 9.19. The fourth-order valence-electron chi connectivity index (χ4n) is 2.74. The van der Waals surface area contributed by atoms with Gasteiger partial charge in [0.2, 0.25) is 0 Å². The van der Waals surface area contributed by atoms with Gasteiger partial charge in [-0.1, -0.05) is 0 Å². The molecule has 0 radical (unpaired) electrons. The number of hydrogen-bond acceptors (Lipinski definition) is 3. The lowest BCUT2D eigenvalue weighted by molar-refractivity contribution is 0.412. The van der Waals surface area contributed by atoms with E-state index >= 15 is 0 Å². The summed E-state index contributed by atoms with van der Waals surface area (Å²) in [5.41, 5.74) is 10.6. The molecule has 1 aromatic heterocycles. The molecule has 4 heteroatoms. The predicted octanol–water partition coefficient (Wildman–Crippen LogP) is 2.14. The van der Waals surface area contributed by atoms with Crippen LogP contribution in [0.5, 0.6) is 5.75 Å². The van der Waals surface area contributed by atoms with Crippen LogP contribution < -0.4 is 10.5 Å². The Hall–Kier alpha value is -1.81. The van der Waals surface area contributed by atoms with E-state index in [0.29, 0.717) is 0 Å². The van der Waals surface area contributed by atoms with Crippen molar-refractivity contribution in [3.05, 3.63) is 35.8 Å². The summed E-state index contributed by atoms with van der Waals surface area (Å²) in [6, 6.07) is 6.44. The van der Waals surface area contributed by atoms with E-state index in [-0.39, 0.29) is 6.04 Å². The smallest absolute Gasteiger partial charge is 0.121 e. The predicted molar refractivity (Wildman–Crippen MR) is 75.2 cm³/mol. The molecule has 2 N–H and O–H groups in total. The monoisotopic (exact) mass is 257 g/mol. The van der Waals surface area contributed by atoms with Gasteiger partial charge in [-0.3, -0.25) is 0 Å². The lowest BCUT2D eigenvalue weighted by Crippen LogP contribution is -2.30. The van der Waals surface area contributed by atoms with Crippen molar-refractivity contribution in [3.63, 3.8) is 0 Å². The summed E-state index contributed by atoms with van der Waals surface area (Å²) in [6.07, 6.45) is 3.86. The number of nitrogens with two attached hydrogens (primary N) is 1. The van der Waals surface area contributed by atoms with Gasteiger partial charge in [-0.15, -0.1) is 0 Å². The Balaban J connectivity index is 2.03. The molecule has 19 heavy (non-hydrogen) atoms. The van der Waals surface area contributed by atoms with Crippen molar-refractivity contribution < 1.29 is 4.74 Å². The highest BCUT2D eigenvalue weighted by Crippen LogP contribution is 2.29. The third-order valence-electron chi connectivity index (χ3n) is 3.81. The molecule has 4 nitrogen and oxygen atoms in total. The van der Waals surface area contributed by atoms with Crippen LogP contribution in [0.2, 0.25) is 0 Å². The Labute approximate surface area is 113 Å². The first-order valence-corrected chi connectivity index (χ1v) is 6.63. The van der Waals surface area contributed by atoms with Crippen LogP contribution in [-0.4, -0.2) is 22.7 Å². The molecule has 3 rings (SSSR count). The molecule has 0 spiro atoms. The fraction of sp³-hybridized carbons (Fsp3) is 0.400. The molecule has 0 bridgehead atoms. The minimum atomic E-state index is 0.252. The van der Waals surface area contributed by atoms with Crippen molar-refractivity contribution >= 4 is 0 Å². The second kappa shape index (κ2) is 4.70. The zero-order chi connectivity index (χ0) is 13.4. The Bertz CT molecular complexity index is 603. The van der Waals surface area contributed by atoms with Crippen LogP contribution in [0.3, 0.4) is 0 Å². The van der Waals surface area contributed by atoms with E-state index in [1.807, 2.05) is 12.4 Å². The standard InChI is InChI=1S/C15H19N3O/c1-10-7-11(3-4-14(10)19-2)15-13-8-12(16)5-6-18(13)9-17-15/h3-4,7,9,12H,5-6,8,16H2,1-2H3. The average molecular weight is 257 g/mol. The summed E-state index contributed by atoms with van der Waals surface area (Å²) in [6.45, 7) is 3.02. The molecule has 2 heterocycles. The maximum atomic E-state index is 6.07. The van der Waals surface area contributed by atoms with Crippen molar-refractivity contribution in [2.45, 2.75) is 32.4 Å². The summed E-state index contributed by atoms with van der Waals surface area (Å²) in [4.78, 5) is 4.57. The highest BCUT2D eigenvalue weighted by molar-refractivity contribution is 5.64. The number of aryl methyl sites for hydroxylation is 2. The molecule has 0 saturated heterocycles. The third-order valence-corrected chi connectivity index (χ3v) is 3.81. The van der Waals surface area contributed by atoms with Crippen molar-refractivity contribution in [1.29, 1.82) is 0 Å². The largest absolute Gasteiger partial charge is 0.496 e. The molecule has 0 amide bonds. The SMILES string of the molecule is COc1ccc(-c2ncn3c2CC(N)CC3)cc1C. The van der Waals surface area contributed by atoms with E-state index in [4.69, 9.17) is 10.5 Å². The minimum Gasteiger partial charge on any atom is -0.496 e. The number of benzene rings is 1. The highest BCUT2D eigenvalue weighted by atomic mass is 16.5. The molecule has 1 aromatic carbocycles. The minimum absolute atomic E-state index is 0.252. The van der Waals surface area contributed by atoms with Crippen LogP contribution in [0.4, 0.5) is 0 Å². The second-order valence-electron chi connectivity index (χ2n) is 5.17. The Morgan fingerprint density at radius 3 is 3.00 bits per heavy atom. The van der Waals surface area contributed by atoms with Gasteiger partial charge in [0.15, 0.2) is 0 Å². The van der Waals surface area contributed by atoms with Gasteiger partial charge < -0.3 is 15.0 Å². The summed E-state index contributed by atoms with van der Waals surface area (Å²) in [5.74, 6) is 0.911. The number of nitrogens with zero attached hydrogens (tertiary/aromatic N) is 2. The van der Waals surface area contributed by atoms with E-state index in [1.54, 1.807) is 7.11 Å². The first kappa shape index (κ1) is 12.2. The van der Waals surface area contributed by atoms with Gasteiger partial charge in [0.1, 0.15) is 5.75 Å². The van der Waals surface area contributed by atoms with Crippen molar-refractivity contribution in [3.8, 4) is 17.0 Å². The maximum Gasteiger partial charge on any atom is 0.121 e. The van der Waals surface area contributed by atoms with Gasteiger partial charge >= 0.3 is 0 Å². The normalized spacial score (nSPS) is 18.2. The quantitative estimate of drug-likeness (QED) is 0.896. The van der Waals surface area contributed by atoms with E-state index in [0.717, 1.165) is 42.0 Å². The summed E-state index contributed by atoms with van der Waals surface area (Å²) in [7, 11) is 1.69. The van der Waals surface area contributed by atoms with Gasteiger partial charge in [-0.25, -0.2) is 4.98 Å². The molecule has 0 fully saturated rings. The molecular formula is C15H19N3O. The molecule has 1 unspecified atom stereocenters. The molecule has 1 aliphatic heterocycles. The van der Waals surface area contributed by atoms with Crippen LogP contribution in [-0.2, 0) is 13.0 Å². The van der Waals surface area contributed by atoms with Gasteiger partial charge in [0.05, 0.1) is 19.1 Å². The molecule has 0 saturated carbocycles. The number of aromatic nitrogens is 2. The third kappa shape index (κ3) is 2.12. The lowest BCUT2D eigenvalue weighted by Gasteiger charge is -2.21. The molecular weight excluding hydrogens is 238 g/mol. The number of ether oxygens (including phenoxy) is 1. The number of fused-ring (bicyclic) bond motifs is 1. The number of hydrogen-bond donors (Lipinski definition) is 1. The first-order valence-electron chi connectivity index (χ1n) is 6.63. The molecule has 1 atom stereocenters. The Morgan fingerprint density at radius 2 is 2.26 bits per heavy atom. The van der Waals surface area contributed by atoms with Gasteiger partial charge in [0, 0.05) is 30.3 Å². The lowest BCUT2D eigenvalue weighted by atomic mass is 9.99. The van der Waals surface area contributed by atoms with Crippen LogP contribution >= 0.6 is 0 Å². The Kier molecular flexibility index (Phi) is 3.03. The number of imidazole rings is 1. The molecule has 2 aromatic rings. The maximum absolute atomic E-state index is 6.07. The number of rotatable bonds is 2. The molecule has 0 aliphatic carbocycles. The summed E-state index contributed by atoms with van der Waals surface area (Å²) < 4.78 is 7.52. The Morgan fingerprint density at radius 1 is 1.42 bits per heavy atom. The van der Waals surface area contributed by atoms with Crippen molar-refractivity contribution in [2.75, 3.05) is 7.11 Å². The van der Waals surface area contributed by atoms with Crippen molar-refractivity contribution in [1.82, 2.24) is 9.55 Å². The zero-order valence-electron chi connectivity index (χ0n) is 11.4. The highest BCUT2D eigenvalue weighted by Gasteiger charge is 2.20. The molecule has 1 aliphatic rings. The fourth-order valence-corrected chi connectivity index (χ4v) is 2.74. The second-order valence-corrected chi connectivity index (χ2v) is 5.17. The van der Waals surface area contributed by atoms with Gasteiger partial charge in [-0.05, 0) is 37.1 Å². The van der Waals surface area contributed by atoms with E-state index in [1.165, 1.54) is 5.69 Å². The number of methoxy groups -OCH3 is 1. The average Bonchev–Trinajstić information content (AvgIpc) is 2.81. The zero-order valence-corrected chi connectivity index (χ0v) is 11.4. The van der Waals surface area contributed by atoms with Gasteiger partial charge in [-0.2, -0.15) is 0 Å². The van der Waals surface area contributed by atoms with Crippen LogP contribution in [0.25, 0.3) is 11.3 Å². The topological polar surface area (TPSA) is 53.1 Å². The van der Waals surface area contributed by atoms with E-state index in [2.05, 4.69) is 28.6 Å². The van der Waals surface area contributed by atoms with E-state index in [9.17, 15) is 0 Å². The summed E-state index contributed by atoms with van der Waals surface area (Å²) >= 11 is 0. The summed E-state index contributed by atoms with van der Waals surface area (Å²) in [5, 5.41) is 0. The van der Waals surface area contributed by atoms with Crippen LogP contribution in [0.1, 0.15) is 17.7 Å². The van der Waals surface area contributed by atoms with Crippen molar-refractivity contribution in [2.24, 2.45) is 5.73 Å². The molecule has 100 valence electrons. The van der Waals surface area contributed by atoms with E-state index < -0.39 is 0 Å². The van der Waals surface area contributed by atoms with Crippen LogP contribution in [0, 0.1) is 6.92 Å². The van der Waals surface area contributed by atoms with Crippen LogP contribution in [0.15, 0.2) is 24.5 Å². The van der Waals surface area contributed by atoms with Gasteiger partial charge in [0.25, 0.3) is 0 Å².